The van der Waals surface area contributed by atoms with Crippen molar-refractivity contribution in [3.8, 4) is 0 Å². The molecule has 31 heavy (non-hydrogen) atoms. The summed E-state index contributed by atoms with van der Waals surface area (Å²) in [6.07, 6.45) is 9.08. The normalized spacial score (nSPS) is 59.2. The minimum atomic E-state index is -0.570. The SMILES string of the molecule is C[C@H]1CC[C@@H]2N(C1)C[C@H]1[C@@H]3C[C@H]4[C@H](CC(=O)[C@H]5C[C@@H](O)CC[C@@]54C)[C@@H]3CC[C@H]1[C@]2(C)O. The molecular weight excluding hydrogens is 386 g/mol. The second-order valence-corrected chi connectivity index (χ2v) is 13.2. The molecule has 0 unspecified atom stereocenters. The molecule has 6 rings (SSSR count). The molecule has 0 amide bonds. The number of Topliss-reactive ketones (excluding diaryl/α,β-unsaturated/α-hetero) is 1. The van der Waals surface area contributed by atoms with E-state index in [0.717, 1.165) is 44.6 Å². The number of rotatable bonds is 0. The van der Waals surface area contributed by atoms with Crippen molar-refractivity contribution in [1.29, 1.82) is 0 Å². The Hall–Kier alpha value is -0.450. The van der Waals surface area contributed by atoms with Crippen molar-refractivity contribution >= 4 is 5.78 Å². The largest absolute Gasteiger partial charge is 0.393 e. The van der Waals surface area contributed by atoms with Crippen molar-refractivity contribution in [1.82, 2.24) is 4.90 Å². The van der Waals surface area contributed by atoms with Crippen LogP contribution in [0.2, 0.25) is 0 Å². The van der Waals surface area contributed by atoms with Crippen LogP contribution < -0.4 is 0 Å². The molecule has 12 atom stereocenters. The first-order valence-corrected chi connectivity index (χ1v) is 13.4. The van der Waals surface area contributed by atoms with Crippen molar-refractivity contribution in [2.45, 2.75) is 96.3 Å². The number of hydrogen-bond donors (Lipinski definition) is 2. The summed E-state index contributed by atoms with van der Waals surface area (Å²) >= 11 is 0. The lowest BCUT2D eigenvalue weighted by molar-refractivity contribution is -0.175. The van der Waals surface area contributed by atoms with Gasteiger partial charge in [-0.05, 0) is 105 Å². The number of hydrogen-bond acceptors (Lipinski definition) is 4. The van der Waals surface area contributed by atoms with Gasteiger partial charge >= 0.3 is 0 Å². The highest BCUT2D eigenvalue weighted by atomic mass is 16.3. The van der Waals surface area contributed by atoms with Crippen LogP contribution >= 0.6 is 0 Å². The lowest BCUT2D eigenvalue weighted by Crippen LogP contribution is -2.67. The quantitative estimate of drug-likeness (QED) is 0.613. The van der Waals surface area contributed by atoms with Gasteiger partial charge in [-0.25, -0.2) is 0 Å². The monoisotopic (exact) mass is 429 g/mol. The van der Waals surface area contributed by atoms with Crippen molar-refractivity contribution in [3.05, 3.63) is 0 Å². The van der Waals surface area contributed by atoms with E-state index in [2.05, 4.69) is 25.7 Å². The van der Waals surface area contributed by atoms with Gasteiger partial charge in [0.05, 0.1) is 11.7 Å². The summed E-state index contributed by atoms with van der Waals surface area (Å²) in [6, 6.07) is 0.341. The minimum absolute atomic E-state index is 0.0789. The van der Waals surface area contributed by atoms with Crippen molar-refractivity contribution in [3.63, 3.8) is 0 Å². The van der Waals surface area contributed by atoms with E-state index in [9.17, 15) is 15.0 Å². The van der Waals surface area contributed by atoms with Crippen LogP contribution in [0.15, 0.2) is 0 Å². The third kappa shape index (κ3) is 2.93. The van der Waals surface area contributed by atoms with E-state index in [-0.39, 0.29) is 17.4 Å². The van der Waals surface area contributed by atoms with E-state index < -0.39 is 5.60 Å². The Bertz CT molecular complexity index is 751. The van der Waals surface area contributed by atoms with E-state index in [1.807, 2.05) is 0 Å². The summed E-state index contributed by atoms with van der Waals surface area (Å²) in [5.74, 6) is 4.82. The van der Waals surface area contributed by atoms with Crippen LogP contribution in [0.3, 0.4) is 0 Å². The van der Waals surface area contributed by atoms with E-state index in [4.69, 9.17) is 0 Å². The number of carbonyl (C=O) groups excluding carboxylic acids is 1. The van der Waals surface area contributed by atoms with Crippen molar-refractivity contribution in [2.75, 3.05) is 13.1 Å². The standard InChI is InChI=1S/C27H43NO3/c1-15-4-7-25-27(3,31)21-6-5-17-18(20(21)14-28(25)13-15)11-22-19(17)12-24(30)23-10-16(29)8-9-26(22,23)2/h15-23,25,29,31H,4-14H2,1-3H3/t15-,16-,17+,18+,19+,20-,21+,22-,23+,25-,26+,27-/m0/s1. The predicted molar refractivity (Wildman–Crippen MR) is 120 cm³/mol. The maximum atomic E-state index is 13.2. The molecule has 2 aliphatic heterocycles. The zero-order valence-corrected chi connectivity index (χ0v) is 19.8. The average Bonchev–Trinajstić information content (AvgIpc) is 3.09. The molecule has 4 nitrogen and oxygen atoms in total. The van der Waals surface area contributed by atoms with Gasteiger partial charge in [-0.15, -0.1) is 0 Å². The fourth-order valence-electron chi connectivity index (χ4n) is 10.4. The first-order chi connectivity index (χ1) is 14.7. The molecule has 6 aliphatic rings. The highest BCUT2D eigenvalue weighted by Gasteiger charge is 2.64. The molecule has 6 fully saturated rings. The fourth-order valence-corrected chi connectivity index (χ4v) is 10.4. The number of nitrogens with zero attached hydrogens (tertiary/aromatic N) is 1. The number of carbonyl (C=O) groups is 1. The number of piperidine rings is 2. The lowest BCUT2D eigenvalue weighted by atomic mass is 9.51. The van der Waals surface area contributed by atoms with Crippen LogP contribution in [0.1, 0.15) is 78.6 Å². The Morgan fingerprint density at radius 3 is 2.52 bits per heavy atom. The molecule has 0 radical (unpaired) electrons. The second kappa shape index (κ2) is 7.03. The van der Waals surface area contributed by atoms with Gasteiger partial charge in [0.2, 0.25) is 0 Å². The van der Waals surface area contributed by atoms with Crippen molar-refractivity contribution < 1.29 is 15.0 Å². The molecule has 4 heteroatoms. The Kier molecular flexibility index (Phi) is 4.78. The van der Waals surface area contributed by atoms with E-state index in [1.54, 1.807) is 0 Å². The molecule has 0 aromatic heterocycles. The van der Waals surface area contributed by atoms with Crippen LogP contribution in [-0.4, -0.2) is 51.7 Å². The third-order valence-corrected chi connectivity index (χ3v) is 11.8. The predicted octanol–water partition coefficient (Wildman–Crippen LogP) is 3.89. The zero-order chi connectivity index (χ0) is 21.7. The van der Waals surface area contributed by atoms with Crippen LogP contribution in [0, 0.1) is 52.8 Å². The maximum absolute atomic E-state index is 13.2. The van der Waals surface area contributed by atoms with Crippen LogP contribution in [0.25, 0.3) is 0 Å². The summed E-state index contributed by atoms with van der Waals surface area (Å²) in [7, 11) is 0. The van der Waals surface area contributed by atoms with Gasteiger partial charge in [-0.3, -0.25) is 9.69 Å². The van der Waals surface area contributed by atoms with E-state index in [0.29, 0.717) is 53.8 Å². The highest BCUT2D eigenvalue weighted by molar-refractivity contribution is 5.83. The molecule has 0 spiro atoms. The van der Waals surface area contributed by atoms with E-state index >= 15 is 0 Å². The van der Waals surface area contributed by atoms with E-state index in [1.165, 1.54) is 25.8 Å². The smallest absolute Gasteiger partial charge is 0.136 e. The summed E-state index contributed by atoms with van der Waals surface area (Å²) in [5.41, 5.74) is -0.482. The first-order valence-electron chi connectivity index (χ1n) is 13.4. The van der Waals surface area contributed by atoms with Gasteiger partial charge in [0.25, 0.3) is 0 Å². The van der Waals surface area contributed by atoms with Crippen molar-refractivity contribution in [2.24, 2.45) is 52.8 Å². The molecule has 4 saturated carbocycles. The summed E-state index contributed by atoms with van der Waals surface area (Å²) in [6.45, 7) is 9.23. The molecule has 2 saturated heterocycles. The lowest BCUT2D eigenvalue weighted by Gasteiger charge is -2.59. The fraction of sp³-hybridized carbons (Fsp3) is 0.963. The molecular formula is C27H43NO3. The van der Waals surface area contributed by atoms with Crippen LogP contribution in [0.4, 0.5) is 0 Å². The number of ketones is 1. The summed E-state index contributed by atoms with van der Waals surface area (Å²) in [4.78, 5) is 15.9. The van der Waals surface area contributed by atoms with Crippen LogP contribution in [0.5, 0.6) is 0 Å². The second-order valence-electron chi connectivity index (χ2n) is 13.2. The Morgan fingerprint density at radius 1 is 0.903 bits per heavy atom. The van der Waals surface area contributed by atoms with Gasteiger partial charge < -0.3 is 10.2 Å². The van der Waals surface area contributed by atoms with Gasteiger partial charge in [-0.2, -0.15) is 0 Å². The number of aliphatic hydroxyl groups excluding tert-OH is 1. The van der Waals surface area contributed by atoms with Gasteiger partial charge in [-0.1, -0.05) is 13.8 Å². The molecule has 0 aromatic carbocycles. The number of fused-ring (bicyclic) bond motifs is 8. The molecule has 174 valence electrons. The molecule has 0 bridgehead atoms. The topological polar surface area (TPSA) is 60.8 Å². The Balaban J connectivity index is 1.31. The van der Waals surface area contributed by atoms with Gasteiger partial charge in [0, 0.05) is 31.5 Å². The highest BCUT2D eigenvalue weighted by Crippen LogP contribution is 2.66. The molecule has 2 N–H and O–H groups in total. The molecule has 4 aliphatic carbocycles. The Labute approximate surface area is 188 Å². The minimum Gasteiger partial charge on any atom is -0.393 e. The van der Waals surface area contributed by atoms with Crippen LogP contribution in [-0.2, 0) is 4.79 Å². The Morgan fingerprint density at radius 2 is 1.71 bits per heavy atom. The summed E-state index contributed by atoms with van der Waals surface area (Å²) < 4.78 is 0. The third-order valence-electron chi connectivity index (χ3n) is 11.8. The molecule has 2 heterocycles. The average molecular weight is 430 g/mol. The summed E-state index contributed by atoms with van der Waals surface area (Å²) in [5, 5.41) is 22.1. The zero-order valence-electron chi connectivity index (χ0n) is 19.8. The number of aliphatic hydroxyl groups is 2. The van der Waals surface area contributed by atoms with Gasteiger partial charge in [0.15, 0.2) is 0 Å². The first kappa shape index (κ1) is 21.1. The van der Waals surface area contributed by atoms with Gasteiger partial charge in [0.1, 0.15) is 5.78 Å². The molecule has 0 aromatic rings. The maximum Gasteiger partial charge on any atom is 0.136 e.